The Labute approximate surface area is 168 Å². The molecule has 0 unspecified atom stereocenters. The van der Waals surface area contributed by atoms with Gasteiger partial charge in [-0.05, 0) is 59.7 Å². The summed E-state index contributed by atoms with van der Waals surface area (Å²) in [6.07, 6.45) is 7.36. The number of methoxy groups -OCH3 is 1. The number of aromatic nitrogens is 1. The van der Waals surface area contributed by atoms with Gasteiger partial charge in [-0.2, -0.15) is 0 Å². The van der Waals surface area contributed by atoms with E-state index < -0.39 is 5.97 Å². The lowest BCUT2D eigenvalue weighted by Crippen LogP contribution is -2.18. The predicted molar refractivity (Wildman–Crippen MR) is 109 cm³/mol. The van der Waals surface area contributed by atoms with Crippen molar-refractivity contribution in [3.8, 4) is 17.2 Å². The van der Waals surface area contributed by atoms with Gasteiger partial charge in [0.25, 0.3) is 0 Å². The van der Waals surface area contributed by atoms with Crippen molar-refractivity contribution in [1.82, 2.24) is 4.98 Å². The molecule has 0 bridgehead atoms. The molecule has 0 saturated heterocycles. The third-order valence-corrected chi connectivity index (χ3v) is 4.01. The van der Waals surface area contributed by atoms with Gasteiger partial charge in [0.2, 0.25) is 0 Å². The Morgan fingerprint density at radius 3 is 2.39 bits per heavy atom. The Hall–Kier alpha value is -3.31. The molecular weight excluding hydrogens is 378 g/mol. The number of hydrogen-bond donors (Lipinski definition) is 0. The zero-order valence-electron chi connectivity index (χ0n) is 15.2. The molecule has 0 atom stereocenters. The Morgan fingerprint density at radius 2 is 1.68 bits per heavy atom. The first-order valence-electron chi connectivity index (χ1n) is 8.49. The molecule has 2 aromatic carbocycles. The van der Waals surface area contributed by atoms with Crippen LogP contribution in [0.4, 0.5) is 0 Å². The molecule has 0 aliphatic heterocycles. The molecule has 142 valence electrons. The van der Waals surface area contributed by atoms with Crippen molar-refractivity contribution in [3.05, 3.63) is 83.1 Å². The smallest absolute Gasteiger partial charge is 0.349 e. The second-order valence-corrected chi connectivity index (χ2v) is 6.18. The topological polar surface area (TPSA) is 57.7 Å². The second kappa shape index (κ2) is 9.58. The van der Waals surface area contributed by atoms with Gasteiger partial charge in [0, 0.05) is 17.4 Å². The molecule has 5 nitrogen and oxygen atoms in total. The maximum absolute atomic E-state index is 12.1. The van der Waals surface area contributed by atoms with Crippen LogP contribution in [-0.2, 0) is 4.79 Å². The first-order chi connectivity index (χ1) is 13.6. The molecule has 0 aliphatic rings. The number of pyridine rings is 1. The van der Waals surface area contributed by atoms with Crippen molar-refractivity contribution in [2.24, 2.45) is 0 Å². The Balaban J connectivity index is 1.62. The number of carbonyl (C=O) groups is 1. The summed E-state index contributed by atoms with van der Waals surface area (Å²) in [5, 5.41) is 0.595. The summed E-state index contributed by atoms with van der Waals surface area (Å²) in [6.45, 7) is -0.228. The highest BCUT2D eigenvalue weighted by Crippen LogP contribution is 2.29. The molecule has 0 saturated carbocycles. The van der Waals surface area contributed by atoms with E-state index in [9.17, 15) is 4.79 Å². The fourth-order valence-corrected chi connectivity index (χ4v) is 2.49. The highest BCUT2D eigenvalue weighted by Gasteiger charge is 2.11. The van der Waals surface area contributed by atoms with Gasteiger partial charge in [-0.1, -0.05) is 29.8 Å². The van der Waals surface area contributed by atoms with E-state index in [1.165, 1.54) is 7.11 Å². The van der Waals surface area contributed by atoms with Crippen molar-refractivity contribution in [1.29, 1.82) is 0 Å². The number of hydrogen-bond acceptors (Lipinski definition) is 5. The fourth-order valence-electron chi connectivity index (χ4n) is 2.36. The van der Waals surface area contributed by atoms with Gasteiger partial charge in [-0.3, -0.25) is 4.98 Å². The van der Waals surface area contributed by atoms with Crippen LogP contribution in [0.1, 0.15) is 11.1 Å². The van der Waals surface area contributed by atoms with E-state index in [2.05, 4.69) is 4.98 Å². The number of esters is 1. The van der Waals surface area contributed by atoms with Gasteiger partial charge in [-0.25, -0.2) is 4.79 Å². The Kier molecular flexibility index (Phi) is 6.65. The molecule has 0 amide bonds. The number of benzene rings is 2. The lowest BCUT2D eigenvalue weighted by molar-refractivity contribution is -0.136. The van der Waals surface area contributed by atoms with E-state index in [0.717, 1.165) is 11.1 Å². The quantitative estimate of drug-likeness (QED) is 0.420. The first kappa shape index (κ1) is 19.5. The van der Waals surface area contributed by atoms with Crippen LogP contribution in [0.25, 0.3) is 12.2 Å². The second-order valence-electron chi connectivity index (χ2n) is 5.74. The van der Waals surface area contributed by atoms with E-state index in [1.54, 1.807) is 48.8 Å². The summed E-state index contributed by atoms with van der Waals surface area (Å²) in [5.41, 5.74) is 1.94. The summed E-state index contributed by atoms with van der Waals surface area (Å²) >= 11 is 5.82. The van der Waals surface area contributed by atoms with Gasteiger partial charge < -0.3 is 14.2 Å². The molecule has 3 rings (SSSR count). The average Bonchev–Trinajstić information content (AvgIpc) is 2.73. The maximum Gasteiger partial charge on any atom is 0.349 e. The van der Waals surface area contributed by atoms with E-state index in [-0.39, 0.29) is 6.61 Å². The minimum absolute atomic E-state index is 0.228. The average molecular weight is 396 g/mol. The van der Waals surface area contributed by atoms with Crippen LogP contribution in [0.3, 0.4) is 0 Å². The standard InChI is InChI=1S/C22H18ClNO4/c1-26-21-14-17(3-2-16-10-12-24-13-11-16)4-9-20(21)28-22(25)15-27-19-7-5-18(23)6-8-19/h2-14H,15H2,1H3/b3-2+. The van der Waals surface area contributed by atoms with Gasteiger partial charge in [0.15, 0.2) is 18.1 Å². The molecule has 0 N–H and O–H groups in total. The number of ether oxygens (including phenoxy) is 3. The molecule has 1 aromatic heterocycles. The maximum atomic E-state index is 12.1. The highest BCUT2D eigenvalue weighted by atomic mass is 35.5. The van der Waals surface area contributed by atoms with Crippen molar-refractivity contribution < 1.29 is 19.0 Å². The third kappa shape index (κ3) is 5.59. The lowest BCUT2D eigenvalue weighted by atomic mass is 10.1. The van der Waals surface area contributed by atoms with Crippen LogP contribution in [0.5, 0.6) is 17.2 Å². The summed E-state index contributed by atoms with van der Waals surface area (Å²) in [6, 6.07) is 15.9. The molecule has 0 aliphatic carbocycles. The Bertz CT molecular complexity index is 956. The zero-order chi connectivity index (χ0) is 19.8. The lowest BCUT2D eigenvalue weighted by Gasteiger charge is -2.11. The van der Waals surface area contributed by atoms with Crippen LogP contribution >= 0.6 is 11.6 Å². The van der Waals surface area contributed by atoms with Crippen LogP contribution in [-0.4, -0.2) is 24.7 Å². The number of rotatable bonds is 7. The zero-order valence-corrected chi connectivity index (χ0v) is 15.9. The molecular formula is C22H18ClNO4. The molecule has 6 heteroatoms. The summed E-state index contributed by atoms with van der Waals surface area (Å²) in [4.78, 5) is 16.1. The van der Waals surface area contributed by atoms with Gasteiger partial charge in [0.1, 0.15) is 5.75 Å². The number of halogens is 1. The molecule has 28 heavy (non-hydrogen) atoms. The largest absolute Gasteiger partial charge is 0.493 e. The van der Waals surface area contributed by atoms with E-state index >= 15 is 0 Å². The van der Waals surface area contributed by atoms with Crippen LogP contribution in [0.15, 0.2) is 67.0 Å². The van der Waals surface area contributed by atoms with E-state index in [0.29, 0.717) is 22.3 Å². The van der Waals surface area contributed by atoms with Gasteiger partial charge >= 0.3 is 5.97 Å². The molecule has 0 spiro atoms. The van der Waals surface area contributed by atoms with Crippen LogP contribution < -0.4 is 14.2 Å². The van der Waals surface area contributed by atoms with Crippen molar-refractivity contribution in [2.45, 2.75) is 0 Å². The van der Waals surface area contributed by atoms with Gasteiger partial charge in [-0.15, -0.1) is 0 Å². The first-order valence-corrected chi connectivity index (χ1v) is 8.87. The van der Waals surface area contributed by atoms with E-state index in [1.807, 2.05) is 30.4 Å². The minimum atomic E-state index is -0.534. The molecule has 0 fully saturated rings. The van der Waals surface area contributed by atoms with Gasteiger partial charge in [0.05, 0.1) is 7.11 Å². The van der Waals surface area contributed by atoms with Crippen molar-refractivity contribution in [2.75, 3.05) is 13.7 Å². The summed E-state index contributed by atoms with van der Waals surface area (Å²) in [7, 11) is 1.52. The van der Waals surface area contributed by atoms with Crippen molar-refractivity contribution >= 4 is 29.7 Å². The summed E-state index contributed by atoms with van der Waals surface area (Å²) < 4.78 is 16.1. The highest BCUT2D eigenvalue weighted by molar-refractivity contribution is 6.30. The summed E-state index contributed by atoms with van der Waals surface area (Å²) in [5.74, 6) is 0.781. The third-order valence-electron chi connectivity index (χ3n) is 3.76. The van der Waals surface area contributed by atoms with Crippen LogP contribution in [0, 0.1) is 0 Å². The predicted octanol–water partition coefficient (Wildman–Crippen LogP) is 4.90. The fraction of sp³-hybridized carbons (Fsp3) is 0.0909. The molecule has 1 heterocycles. The van der Waals surface area contributed by atoms with Crippen molar-refractivity contribution in [3.63, 3.8) is 0 Å². The number of nitrogens with zero attached hydrogens (tertiary/aromatic N) is 1. The van der Waals surface area contributed by atoms with E-state index in [4.69, 9.17) is 25.8 Å². The monoisotopic (exact) mass is 395 g/mol. The SMILES string of the molecule is COc1cc(/C=C/c2ccncc2)ccc1OC(=O)COc1ccc(Cl)cc1. The minimum Gasteiger partial charge on any atom is -0.493 e. The molecule has 0 radical (unpaired) electrons. The molecule has 3 aromatic rings. The Morgan fingerprint density at radius 1 is 0.964 bits per heavy atom. The normalized spacial score (nSPS) is 10.6. The number of carbonyl (C=O) groups excluding carboxylic acids is 1. The van der Waals surface area contributed by atoms with Crippen LogP contribution in [0.2, 0.25) is 5.02 Å².